The summed E-state index contributed by atoms with van der Waals surface area (Å²) in [6.45, 7) is 5.26. The van der Waals surface area contributed by atoms with Gasteiger partial charge in [-0.15, -0.1) is 0 Å². The zero-order valence-corrected chi connectivity index (χ0v) is 11.9. The number of nitrogens with zero attached hydrogens (tertiary/aromatic N) is 2. The minimum atomic E-state index is -0.226. The molecule has 0 amide bonds. The standard InChI is InChI=1S/C16H20FN3/c1-3-20(11-13-6-8-19-9-7-13)16-5-4-14(12(2)18)10-15(16)17/h4-10,12H,3,11,18H2,1-2H3. The van der Waals surface area contributed by atoms with E-state index in [9.17, 15) is 4.39 Å². The molecule has 0 aliphatic carbocycles. The van der Waals surface area contributed by atoms with Crippen molar-refractivity contribution in [1.82, 2.24) is 4.98 Å². The number of hydrogen-bond donors (Lipinski definition) is 1. The molecule has 0 radical (unpaired) electrons. The third kappa shape index (κ3) is 3.33. The molecular weight excluding hydrogens is 253 g/mol. The molecule has 2 N–H and O–H groups in total. The SMILES string of the molecule is CCN(Cc1ccncc1)c1ccc(C(C)N)cc1F. The van der Waals surface area contributed by atoms with Crippen molar-refractivity contribution in [3.05, 3.63) is 59.7 Å². The summed E-state index contributed by atoms with van der Waals surface area (Å²) in [5.74, 6) is -0.226. The number of anilines is 1. The molecule has 106 valence electrons. The van der Waals surface area contributed by atoms with Gasteiger partial charge in [-0.25, -0.2) is 4.39 Å². The summed E-state index contributed by atoms with van der Waals surface area (Å²) in [5, 5.41) is 0. The van der Waals surface area contributed by atoms with Gasteiger partial charge in [-0.3, -0.25) is 4.98 Å². The van der Waals surface area contributed by atoms with Crippen LogP contribution in [0.2, 0.25) is 0 Å². The molecule has 1 aromatic carbocycles. The van der Waals surface area contributed by atoms with E-state index in [0.717, 1.165) is 17.7 Å². The van der Waals surface area contributed by atoms with Crippen molar-refractivity contribution in [2.75, 3.05) is 11.4 Å². The Bertz CT molecular complexity index is 555. The van der Waals surface area contributed by atoms with Crippen LogP contribution in [0.4, 0.5) is 10.1 Å². The van der Waals surface area contributed by atoms with Gasteiger partial charge in [-0.2, -0.15) is 0 Å². The average Bonchev–Trinajstić information content (AvgIpc) is 2.46. The van der Waals surface area contributed by atoms with Crippen molar-refractivity contribution >= 4 is 5.69 Å². The van der Waals surface area contributed by atoms with Crippen LogP contribution in [0.5, 0.6) is 0 Å². The van der Waals surface area contributed by atoms with E-state index in [1.807, 2.05) is 36.9 Å². The first-order valence-electron chi connectivity index (χ1n) is 6.80. The van der Waals surface area contributed by atoms with Gasteiger partial charge >= 0.3 is 0 Å². The quantitative estimate of drug-likeness (QED) is 0.909. The second-order valence-electron chi connectivity index (χ2n) is 4.87. The number of rotatable bonds is 5. The first-order valence-corrected chi connectivity index (χ1v) is 6.80. The fraction of sp³-hybridized carbons (Fsp3) is 0.312. The van der Waals surface area contributed by atoms with Gasteiger partial charge in [0.1, 0.15) is 5.82 Å². The molecule has 1 unspecified atom stereocenters. The van der Waals surface area contributed by atoms with Gasteiger partial charge in [-0.1, -0.05) is 6.07 Å². The summed E-state index contributed by atoms with van der Waals surface area (Å²) in [6, 6.07) is 8.94. The number of benzene rings is 1. The Morgan fingerprint density at radius 2 is 1.95 bits per heavy atom. The minimum absolute atomic E-state index is 0.158. The molecular formula is C16H20FN3. The van der Waals surface area contributed by atoms with Gasteiger partial charge in [0.25, 0.3) is 0 Å². The molecule has 3 nitrogen and oxygen atoms in total. The molecule has 1 heterocycles. The topological polar surface area (TPSA) is 42.2 Å². The van der Waals surface area contributed by atoms with E-state index in [2.05, 4.69) is 4.98 Å². The second kappa shape index (κ2) is 6.48. The minimum Gasteiger partial charge on any atom is -0.365 e. The van der Waals surface area contributed by atoms with Gasteiger partial charge < -0.3 is 10.6 Å². The first kappa shape index (κ1) is 14.5. The van der Waals surface area contributed by atoms with Crippen LogP contribution >= 0.6 is 0 Å². The summed E-state index contributed by atoms with van der Waals surface area (Å²) in [5.41, 5.74) is 8.30. The van der Waals surface area contributed by atoms with Crippen LogP contribution in [-0.4, -0.2) is 11.5 Å². The van der Waals surface area contributed by atoms with Crippen molar-refractivity contribution in [3.8, 4) is 0 Å². The Labute approximate surface area is 119 Å². The van der Waals surface area contributed by atoms with Crippen molar-refractivity contribution in [3.63, 3.8) is 0 Å². The molecule has 0 fully saturated rings. The summed E-state index contributed by atoms with van der Waals surface area (Å²) < 4.78 is 14.2. The molecule has 1 aromatic heterocycles. The van der Waals surface area contributed by atoms with Gasteiger partial charge in [0.05, 0.1) is 5.69 Å². The highest BCUT2D eigenvalue weighted by molar-refractivity contribution is 5.50. The summed E-state index contributed by atoms with van der Waals surface area (Å²) in [7, 11) is 0. The molecule has 0 bridgehead atoms. The predicted octanol–water partition coefficient (Wildman–Crippen LogP) is 3.27. The van der Waals surface area contributed by atoms with Gasteiger partial charge in [-0.05, 0) is 49.2 Å². The van der Waals surface area contributed by atoms with E-state index in [1.165, 1.54) is 6.07 Å². The zero-order chi connectivity index (χ0) is 14.5. The molecule has 20 heavy (non-hydrogen) atoms. The maximum atomic E-state index is 14.2. The Morgan fingerprint density at radius 1 is 1.25 bits per heavy atom. The number of hydrogen-bond acceptors (Lipinski definition) is 3. The smallest absolute Gasteiger partial charge is 0.146 e. The second-order valence-corrected chi connectivity index (χ2v) is 4.87. The molecule has 0 aliphatic rings. The lowest BCUT2D eigenvalue weighted by Crippen LogP contribution is -2.23. The van der Waals surface area contributed by atoms with E-state index in [0.29, 0.717) is 12.2 Å². The average molecular weight is 273 g/mol. The van der Waals surface area contributed by atoms with Crippen molar-refractivity contribution < 1.29 is 4.39 Å². The van der Waals surface area contributed by atoms with E-state index in [-0.39, 0.29) is 11.9 Å². The lowest BCUT2D eigenvalue weighted by Gasteiger charge is -2.24. The van der Waals surface area contributed by atoms with Crippen LogP contribution in [0.1, 0.15) is 31.0 Å². The maximum absolute atomic E-state index is 14.2. The third-order valence-electron chi connectivity index (χ3n) is 3.34. The number of pyridine rings is 1. The van der Waals surface area contributed by atoms with E-state index in [1.54, 1.807) is 18.5 Å². The molecule has 0 aliphatic heterocycles. The van der Waals surface area contributed by atoms with Gasteiger partial charge in [0.2, 0.25) is 0 Å². The molecule has 0 saturated carbocycles. The monoisotopic (exact) mass is 273 g/mol. The highest BCUT2D eigenvalue weighted by Gasteiger charge is 2.12. The zero-order valence-electron chi connectivity index (χ0n) is 11.9. The van der Waals surface area contributed by atoms with Crippen LogP contribution in [-0.2, 0) is 6.54 Å². The summed E-state index contributed by atoms with van der Waals surface area (Å²) >= 11 is 0. The number of nitrogens with two attached hydrogens (primary N) is 1. The molecule has 2 aromatic rings. The number of halogens is 1. The Balaban J connectivity index is 2.23. The van der Waals surface area contributed by atoms with E-state index < -0.39 is 0 Å². The van der Waals surface area contributed by atoms with Crippen molar-refractivity contribution in [2.45, 2.75) is 26.4 Å². The van der Waals surface area contributed by atoms with E-state index >= 15 is 0 Å². The van der Waals surface area contributed by atoms with Gasteiger partial charge in [0, 0.05) is 31.5 Å². The van der Waals surface area contributed by atoms with Crippen LogP contribution in [0, 0.1) is 5.82 Å². The van der Waals surface area contributed by atoms with Crippen molar-refractivity contribution in [2.24, 2.45) is 5.73 Å². The fourth-order valence-electron chi connectivity index (χ4n) is 2.14. The van der Waals surface area contributed by atoms with Crippen molar-refractivity contribution in [1.29, 1.82) is 0 Å². The molecule has 2 rings (SSSR count). The lowest BCUT2D eigenvalue weighted by molar-refractivity contribution is 0.613. The summed E-state index contributed by atoms with van der Waals surface area (Å²) in [6.07, 6.45) is 3.50. The highest BCUT2D eigenvalue weighted by Crippen LogP contribution is 2.24. The van der Waals surface area contributed by atoms with Crippen LogP contribution in [0.15, 0.2) is 42.7 Å². The van der Waals surface area contributed by atoms with Crippen LogP contribution in [0.3, 0.4) is 0 Å². The van der Waals surface area contributed by atoms with Gasteiger partial charge in [0.15, 0.2) is 0 Å². The normalized spacial score (nSPS) is 12.2. The molecule has 0 saturated heterocycles. The first-order chi connectivity index (χ1) is 9.61. The van der Waals surface area contributed by atoms with Crippen LogP contribution < -0.4 is 10.6 Å². The maximum Gasteiger partial charge on any atom is 0.146 e. The molecule has 0 spiro atoms. The molecule has 4 heteroatoms. The Kier molecular flexibility index (Phi) is 4.69. The number of aromatic nitrogens is 1. The van der Waals surface area contributed by atoms with Crippen LogP contribution in [0.25, 0.3) is 0 Å². The third-order valence-corrected chi connectivity index (χ3v) is 3.34. The summed E-state index contributed by atoms with van der Waals surface area (Å²) in [4.78, 5) is 5.99. The predicted molar refractivity (Wildman–Crippen MR) is 80.0 cm³/mol. The fourth-order valence-corrected chi connectivity index (χ4v) is 2.14. The Hall–Kier alpha value is -1.94. The van der Waals surface area contributed by atoms with E-state index in [4.69, 9.17) is 5.73 Å². The molecule has 1 atom stereocenters. The highest BCUT2D eigenvalue weighted by atomic mass is 19.1. The Morgan fingerprint density at radius 3 is 2.50 bits per heavy atom. The lowest BCUT2D eigenvalue weighted by atomic mass is 10.1. The largest absolute Gasteiger partial charge is 0.365 e.